The fourth-order valence-electron chi connectivity index (χ4n) is 3.76. The first-order valence-corrected chi connectivity index (χ1v) is 7.88. The van der Waals surface area contributed by atoms with Crippen LogP contribution in [0.25, 0.3) is 0 Å². The molecule has 2 N–H and O–H groups in total. The summed E-state index contributed by atoms with van der Waals surface area (Å²) < 4.78 is 0. The summed E-state index contributed by atoms with van der Waals surface area (Å²) in [6.07, 6.45) is 5.48. The highest BCUT2D eigenvalue weighted by molar-refractivity contribution is 5.76. The second kappa shape index (κ2) is 6.06. The molecular weight excluding hydrogens is 264 g/mol. The van der Waals surface area contributed by atoms with E-state index in [0.29, 0.717) is 31.0 Å². The summed E-state index contributed by atoms with van der Waals surface area (Å²) in [6, 6.07) is 8.39. The highest BCUT2D eigenvalue weighted by Crippen LogP contribution is 2.33. The SMILES string of the molecule is CN(Cc1cccc(O)c1)C(=O)CC1CC2CCC(C1)N2. The first kappa shape index (κ1) is 14.4. The van der Waals surface area contributed by atoms with Gasteiger partial charge >= 0.3 is 0 Å². The Kier molecular flexibility index (Phi) is 4.15. The number of aromatic hydroxyl groups is 1. The largest absolute Gasteiger partial charge is 0.508 e. The van der Waals surface area contributed by atoms with Gasteiger partial charge in [0.1, 0.15) is 5.75 Å². The molecule has 2 heterocycles. The lowest BCUT2D eigenvalue weighted by molar-refractivity contribution is -0.131. The maximum atomic E-state index is 12.4. The third-order valence-corrected chi connectivity index (χ3v) is 4.79. The minimum Gasteiger partial charge on any atom is -0.508 e. The van der Waals surface area contributed by atoms with E-state index in [1.165, 1.54) is 12.8 Å². The van der Waals surface area contributed by atoms with Gasteiger partial charge in [0.15, 0.2) is 0 Å². The Morgan fingerprint density at radius 1 is 1.33 bits per heavy atom. The van der Waals surface area contributed by atoms with Gasteiger partial charge in [0.25, 0.3) is 0 Å². The molecule has 4 heteroatoms. The van der Waals surface area contributed by atoms with Gasteiger partial charge in [0, 0.05) is 32.1 Å². The third-order valence-electron chi connectivity index (χ3n) is 4.79. The van der Waals surface area contributed by atoms with Crippen LogP contribution in [-0.4, -0.2) is 35.0 Å². The molecular formula is C17H24N2O2. The molecule has 21 heavy (non-hydrogen) atoms. The molecule has 4 nitrogen and oxygen atoms in total. The number of hydrogen-bond donors (Lipinski definition) is 2. The predicted octanol–water partition coefficient (Wildman–Crippen LogP) is 2.27. The second-order valence-corrected chi connectivity index (χ2v) is 6.60. The van der Waals surface area contributed by atoms with Gasteiger partial charge in [-0.2, -0.15) is 0 Å². The van der Waals surface area contributed by atoms with Crippen LogP contribution in [0.3, 0.4) is 0 Å². The van der Waals surface area contributed by atoms with E-state index in [1.54, 1.807) is 17.0 Å². The molecule has 2 bridgehead atoms. The molecule has 2 fully saturated rings. The van der Waals surface area contributed by atoms with Crippen LogP contribution in [0.2, 0.25) is 0 Å². The van der Waals surface area contributed by atoms with Gasteiger partial charge in [-0.1, -0.05) is 12.1 Å². The van der Waals surface area contributed by atoms with Gasteiger partial charge in [0.05, 0.1) is 0 Å². The number of rotatable bonds is 4. The molecule has 0 radical (unpaired) electrons. The molecule has 1 aromatic rings. The van der Waals surface area contributed by atoms with Crippen molar-refractivity contribution >= 4 is 5.91 Å². The van der Waals surface area contributed by atoms with E-state index in [4.69, 9.17) is 0 Å². The Morgan fingerprint density at radius 3 is 2.71 bits per heavy atom. The number of nitrogens with zero attached hydrogens (tertiary/aromatic N) is 1. The Bertz CT molecular complexity index is 505. The molecule has 0 saturated carbocycles. The lowest BCUT2D eigenvalue weighted by atomic mass is 9.89. The maximum absolute atomic E-state index is 12.4. The predicted molar refractivity (Wildman–Crippen MR) is 81.9 cm³/mol. The molecule has 114 valence electrons. The molecule has 2 aliphatic heterocycles. The van der Waals surface area contributed by atoms with Gasteiger partial charge in [0.2, 0.25) is 5.91 Å². The number of carbonyl (C=O) groups is 1. The van der Waals surface area contributed by atoms with Crippen molar-refractivity contribution in [1.29, 1.82) is 0 Å². The van der Waals surface area contributed by atoms with Crippen LogP contribution in [0.1, 0.15) is 37.7 Å². The zero-order valence-electron chi connectivity index (χ0n) is 12.6. The Balaban J connectivity index is 1.53. The molecule has 3 rings (SSSR count). The van der Waals surface area contributed by atoms with Gasteiger partial charge in [-0.05, 0) is 49.3 Å². The normalized spacial score (nSPS) is 27.6. The van der Waals surface area contributed by atoms with E-state index in [0.717, 1.165) is 18.4 Å². The minimum absolute atomic E-state index is 0.213. The van der Waals surface area contributed by atoms with Crippen molar-refractivity contribution < 1.29 is 9.90 Å². The monoisotopic (exact) mass is 288 g/mol. The number of hydrogen-bond acceptors (Lipinski definition) is 3. The third kappa shape index (κ3) is 3.56. The number of benzene rings is 1. The van der Waals surface area contributed by atoms with E-state index in [1.807, 2.05) is 19.2 Å². The summed E-state index contributed by atoms with van der Waals surface area (Å²) in [5.41, 5.74) is 0.969. The smallest absolute Gasteiger partial charge is 0.222 e. The summed E-state index contributed by atoms with van der Waals surface area (Å²) >= 11 is 0. The minimum atomic E-state index is 0.213. The van der Waals surface area contributed by atoms with Crippen LogP contribution in [0.5, 0.6) is 5.75 Å². The highest BCUT2D eigenvalue weighted by atomic mass is 16.3. The number of nitrogens with one attached hydrogen (secondary N) is 1. The van der Waals surface area contributed by atoms with Crippen molar-refractivity contribution in [3.05, 3.63) is 29.8 Å². The average molecular weight is 288 g/mol. The fraction of sp³-hybridized carbons (Fsp3) is 0.588. The van der Waals surface area contributed by atoms with Crippen LogP contribution in [0, 0.1) is 5.92 Å². The standard InChI is InChI=1S/C17H24N2O2/c1-19(11-12-3-2-4-16(20)9-12)17(21)10-13-7-14-5-6-15(8-13)18-14/h2-4,9,13-15,18,20H,5-8,10-11H2,1H3. The maximum Gasteiger partial charge on any atom is 0.222 e. The van der Waals surface area contributed by atoms with Crippen molar-refractivity contribution in [3.63, 3.8) is 0 Å². The Labute approximate surface area is 126 Å². The van der Waals surface area contributed by atoms with Crippen LogP contribution in [-0.2, 0) is 11.3 Å². The number of carbonyl (C=O) groups excluding carboxylic acids is 1. The molecule has 0 aromatic heterocycles. The number of amides is 1. The first-order chi connectivity index (χ1) is 10.1. The van der Waals surface area contributed by atoms with E-state index in [-0.39, 0.29) is 11.7 Å². The topological polar surface area (TPSA) is 52.6 Å². The average Bonchev–Trinajstić information content (AvgIpc) is 2.78. The summed E-state index contributed by atoms with van der Waals surface area (Å²) in [5.74, 6) is 0.996. The highest BCUT2D eigenvalue weighted by Gasteiger charge is 2.34. The Morgan fingerprint density at radius 2 is 2.05 bits per heavy atom. The van der Waals surface area contributed by atoms with Crippen LogP contribution in [0.15, 0.2) is 24.3 Å². The zero-order valence-corrected chi connectivity index (χ0v) is 12.6. The summed E-state index contributed by atoms with van der Waals surface area (Å²) in [5, 5.41) is 13.1. The van der Waals surface area contributed by atoms with Crippen molar-refractivity contribution in [2.75, 3.05) is 7.05 Å². The van der Waals surface area contributed by atoms with E-state index >= 15 is 0 Å². The first-order valence-electron chi connectivity index (χ1n) is 7.88. The summed E-state index contributed by atoms with van der Waals surface area (Å²) in [4.78, 5) is 14.2. The molecule has 1 amide bonds. The molecule has 0 aliphatic carbocycles. The number of fused-ring (bicyclic) bond motifs is 2. The fourth-order valence-corrected chi connectivity index (χ4v) is 3.76. The second-order valence-electron chi connectivity index (χ2n) is 6.60. The van der Waals surface area contributed by atoms with Gasteiger partial charge in [-0.3, -0.25) is 4.79 Å². The van der Waals surface area contributed by atoms with Crippen molar-refractivity contribution in [1.82, 2.24) is 10.2 Å². The molecule has 2 unspecified atom stereocenters. The quantitative estimate of drug-likeness (QED) is 0.893. The molecule has 2 aliphatic rings. The van der Waals surface area contributed by atoms with Crippen molar-refractivity contribution in [2.45, 2.75) is 50.7 Å². The summed E-state index contributed by atoms with van der Waals surface area (Å²) in [6.45, 7) is 0.561. The van der Waals surface area contributed by atoms with E-state index < -0.39 is 0 Å². The molecule has 0 spiro atoms. The van der Waals surface area contributed by atoms with Crippen LogP contribution in [0.4, 0.5) is 0 Å². The molecule has 2 saturated heterocycles. The Hall–Kier alpha value is -1.55. The van der Waals surface area contributed by atoms with E-state index in [2.05, 4.69) is 5.32 Å². The van der Waals surface area contributed by atoms with Crippen molar-refractivity contribution in [2.24, 2.45) is 5.92 Å². The number of phenols is 1. The molecule has 2 atom stereocenters. The van der Waals surface area contributed by atoms with Gasteiger partial charge in [-0.15, -0.1) is 0 Å². The van der Waals surface area contributed by atoms with Gasteiger partial charge < -0.3 is 15.3 Å². The van der Waals surface area contributed by atoms with Crippen molar-refractivity contribution in [3.8, 4) is 5.75 Å². The van der Waals surface area contributed by atoms with E-state index in [9.17, 15) is 9.90 Å². The zero-order chi connectivity index (χ0) is 14.8. The lowest BCUT2D eigenvalue weighted by Crippen LogP contribution is -2.39. The van der Waals surface area contributed by atoms with Crippen LogP contribution >= 0.6 is 0 Å². The molecule has 1 aromatic carbocycles. The van der Waals surface area contributed by atoms with Gasteiger partial charge in [-0.25, -0.2) is 0 Å². The summed E-state index contributed by atoms with van der Waals surface area (Å²) in [7, 11) is 1.85. The lowest BCUT2D eigenvalue weighted by Gasteiger charge is -2.30. The van der Waals surface area contributed by atoms with Crippen LogP contribution < -0.4 is 5.32 Å². The number of piperidine rings is 1. The number of phenolic OH excluding ortho intramolecular Hbond substituents is 1.